The van der Waals surface area contributed by atoms with Crippen LogP contribution in [-0.4, -0.2) is 0 Å². The van der Waals surface area contributed by atoms with Crippen molar-refractivity contribution < 1.29 is 0 Å². The smallest absolute Gasteiger partial charge is 0.0224 e. The highest BCUT2D eigenvalue weighted by atomic mass is 14.1. The SMILES string of the molecule is CC.CC.CC(=C(C)c1ccc(C)cc1)c1ccc(C)cc1. The van der Waals surface area contributed by atoms with Gasteiger partial charge in [-0.2, -0.15) is 0 Å². The van der Waals surface area contributed by atoms with E-state index >= 15 is 0 Å². The minimum atomic E-state index is 1.30. The number of rotatable bonds is 2. The fourth-order valence-electron chi connectivity index (χ4n) is 2.04. The van der Waals surface area contributed by atoms with Crippen molar-refractivity contribution in [2.24, 2.45) is 0 Å². The first-order chi connectivity index (χ1) is 10.6. The minimum absolute atomic E-state index is 1.30. The molecular formula is C22H32. The van der Waals surface area contributed by atoms with Crippen LogP contribution in [-0.2, 0) is 0 Å². The maximum Gasteiger partial charge on any atom is -0.0224 e. The van der Waals surface area contributed by atoms with Crippen LogP contribution >= 0.6 is 0 Å². The summed E-state index contributed by atoms with van der Waals surface area (Å²) in [5.41, 5.74) is 7.91. The molecule has 22 heavy (non-hydrogen) atoms. The Morgan fingerprint density at radius 3 is 0.955 bits per heavy atom. The normalized spacial score (nSPS) is 10.5. The highest BCUT2D eigenvalue weighted by Crippen LogP contribution is 2.25. The van der Waals surface area contributed by atoms with Gasteiger partial charge in [0.15, 0.2) is 0 Å². The zero-order valence-corrected chi connectivity index (χ0v) is 15.6. The molecule has 0 saturated carbocycles. The van der Waals surface area contributed by atoms with Gasteiger partial charge in [0.2, 0.25) is 0 Å². The highest BCUT2D eigenvalue weighted by Gasteiger charge is 2.02. The molecule has 0 heterocycles. The van der Waals surface area contributed by atoms with Crippen LogP contribution in [0, 0.1) is 13.8 Å². The van der Waals surface area contributed by atoms with Crippen LogP contribution in [0.3, 0.4) is 0 Å². The molecule has 0 fully saturated rings. The Bertz CT molecular complexity index is 500. The molecule has 0 aliphatic heterocycles. The summed E-state index contributed by atoms with van der Waals surface area (Å²) in [6.07, 6.45) is 0. The predicted molar refractivity (Wildman–Crippen MR) is 103 cm³/mol. The molecule has 2 rings (SSSR count). The van der Waals surface area contributed by atoms with Crippen LogP contribution in [0.25, 0.3) is 11.1 Å². The Labute approximate surface area is 137 Å². The quantitative estimate of drug-likeness (QED) is 0.510. The molecule has 0 N–H and O–H groups in total. The van der Waals surface area contributed by atoms with E-state index in [-0.39, 0.29) is 0 Å². The molecule has 0 atom stereocenters. The first kappa shape index (κ1) is 20.2. The fraction of sp³-hybridized carbons (Fsp3) is 0.364. The van der Waals surface area contributed by atoms with Gasteiger partial charge in [-0.05, 0) is 50.0 Å². The van der Waals surface area contributed by atoms with Gasteiger partial charge in [0.1, 0.15) is 0 Å². The van der Waals surface area contributed by atoms with Crippen LogP contribution in [0.2, 0.25) is 0 Å². The average Bonchev–Trinajstić information content (AvgIpc) is 2.58. The van der Waals surface area contributed by atoms with Gasteiger partial charge < -0.3 is 0 Å². The van der Waals surface area contributed by atoms with E-state index in [1.165, 1.54) is 33.4 Å². The third-order valence-corrected chi connectivity index (χ3v) is 3.53. The lowest BCUT2D eigenvalue weighted by molar-refractivity contribution is 1.42. The van der Waals surface area contributed by atoms with Crippen molar-refractivity contribution in [1.82, 2.24) is 0 Å². The van der Waals surface area contributed by atoms with Gasteiger partial charge >= 0.3 is 0 Å². The van der Waals surface area contributed by atoms with Gasteiger partial charge in [-0.15, -0.1) is 0 Å². The molecule has 0 unspecified atom stereocenters. The molecule has 0 aliphatic rings. The fourth-order valence-corrected chi connectivity index (χ4v) is 2.04. The van der Waals surface area contributed by atoms with Crippen molar-refractivity contribution >= 4 is 11.1 Å². The standard InChI is InChI=1S/C18H20.2C2H6/c1-13-5-9-17(10-6-13)15(3)16(4)18-11-7-14(2)8-12-18;2*1-2/h5-12H,1-4H3;2*1-2H3. The summed E-state index contributed by atoms with van der Waals surface area (Å²) < 4.78 is 0. The van der Waals surface area contributed by atoms with E-state index in [9.17, 15) is 0 Å². The second kappa shape index (κ2) is 10.8. The van der Waals surface area contributed by atoms with Gasteiger partial charge in [0.05, 0.1) is 0 Å². The molecule has 0 amide bonds. The van der Waals surface area contributed by atoms with Gasteiger partial charge in [0.25, 0.3) is 0 Å². The van der Waals surface area contributed by atoms with Crippen LogP contribution in [0.5, 0.6) is 0 Å². The topological polar surface area (TPSA) is 0 Å². The van der Waals surface area contributed by atoms with Crippen LogP contribution < -0.4 is 0 Å². The zero-order valence-electron chi connectivity index (χ0n) is 15.6. The molecule has 0 aromatic heterocycles. The Morgan fingerprint density at radius 1 is 0.500 bits per heavy atom. The lowest BCUT2D eigenvalue weighted by Crippen LogP contribution is -1.87. The van der Waals surface area contributed by atoms with E-state index in [0.717, 1.165) is 0 Å². The zero-order chi connectivity index (χ0) is 17.1. The summed E-state index contributed by atoms with van der Waals surface area (Å²) in [7, 11) is 0. The highest BCUT2D eigenvalue weighted by molar-refractivity contribution is 5.88. The third kappa shape index (κ3) is 5.89. The number of allylic oxidation sites excluding steroid dienone is 2. The largest absolute Gasteiger partial charge is 0.0683 e. The van der Waals surface area contributed by atoms with E-state index in [1.54, 1.807) is 0 Å². The van der Waals surface area contributed by atoms with Gasteiger partial charge in [0, 0.05) is 0 Å². The summed E-state index contributed by atoms with van der Waals surface area (Å²) in [5, 5.41) is 0. The molecular weight excluding hydrogens is 264 g/mol. The molecule has 0 saturated heterocycles. The van der Waals surface area contributed by atoms with Crippen molar-refractivity contribution in [3.63, 3.8) is 0 Å². The van der Waals surface area contributed by atoms with Gasteiger partial charge in [-0.3, -0.25) is 0 Å². The van der Waals surface area contributed by atoms with E-state index in [1.807, 2.05) is 27.7 Å². The van der Waals surface area contributed by atoms with Crippen molar-refractivity contribution in [2.45, 2.75) is 55.4 Å². The maximum absolute atomic E-state index is 2.20. The Kier molecular flexibility index (Phi) is 9.95. The molecule has 0 heteroatoms. The number of benzene rings is 2. The lowest BCUT2D eigenvalue weighted by atomic mass is 9.96. The van der Waals surface area contributed by atoms with Crippen LogP contribution in [0.4, 0.5) is 0 Å². The Balaban J connectivity index is 0.00000102. The maximum atomic E-state index is 2.20. The van der Waals surface area contributed by atoms with Crippen LogP contribution in [0.1, 0.15) is 63.8 Å². The first-order valence-corrected chi connectivity index (χ1v) is 8.39. The Hall–Kier alpha value is -1.82. The number of aryl methyl sites for hydroxylation is 2. The van der Waals surface area contributed by atoms with E-state index in [2.05, 4.69) is 76.2 Å². The second-order valence-corrected chi connectivity index (χ2v) is 4.98. The van der Waals surface area contributed by atoms with E-state index in [4.69, 9.17) is 0 Å². The molecule has 120 valence electrons. The molecule has 2 aromatic rings. The minimum Gasteiger partial charge on any atom is -0.0683 e. The predicted octanol–water partition coefficient (Wildman–Crippen LogP) is 7.31. The molecule has 2 aromatic carbocycles. The summed E-state index contributed by atoms with van der Waals surface area (Å²) >= 11 is 0. The molecule has 0 radical (unpaired) electrons. The summed E-state index contributed by atoms with van der Waals surface area (Å²) in [6, 6.07) is 17.5. The van der Waals surface area contributed by atoms with E-state index in [0.29, 0.717) is 0 Å². The number of hydrogen-bond acceptors (Lipinski definition) is 0. The Morgan fingerprint density at radius 2 is 0.727 bits per heavy atom. The van der Waals surface area contributed by atoms with Crippen molar-refractivity contribution in [3.05, 3.63) is 70.8 Å². The lowest BCUT2D eigenvalue weighted by Gasteiger charge is -2.09. The summed E-state index contributed by atoms with van der Waals surface area (Å²) in [5.74, 6) is 0. The van der Waals surface area contributed by atoms with E-state index < -0.39 is 0 Å². The first-order valence-electron chi connectivity index (χ1n) is 8.39. The second-order valence-electron chi connectivity index (χ2n) is 4.98. The van der Waals surface area contributed by atoms with Crippen molar-refractivity contribution in [1.29, 1.82) is 0 Å². The average molecular weight is 296 g/mol. The van der Waals surface area contributed by atoms with Gasteiger partial charge in [-0.1, -0.05) is 87.4 Å². The number of hydrogen-bond donors (Lipinski definition) is 0. The summed E-state index contributed by atoms with van der Waals surface area (Å²) in [6.45, 7) is 16.6. The monoisotopic (exact) mass is 296 g/mol. The molecule has 0 spiro atoms. The molecule has 0 nitrogen and oxygen atoms in total. The third-order valence-electron chi connectivity index (χ3n) is 3.53. The van der Waals surface area contributed by atoms with Crippen molar-refractivity contribution in [3.8, 4) is 0 Å². The summed E-state index contributed by atoms with van der Waals surface area (Å²) in [4.78, 5) is 0. The molecule has 0 bridgehead atoms. The van der Waals surface area contributed by atoms with Gasteiger partial charge in [-0.25, -0.2) is 0 Å². The van der Waals surface area contributed by atoms with Crippen LogP contribution in [0.15, 0.2) is 48.5 Å². The molecule has 0 aliphatic carbocycles. The van der Waals surface area contributed by atoms with Crippen molar-refractivity contribution in [2.75, 3.05) is 0 Å².